The van der Waals surface area contributed by atoms with Crippen molar-refractivity contribution < 1.29 is 23.9 Å². The number of hydrogen-bond acceptors (Lipinski definition) is 5. The molecule has 0 unspecified atom stereocenters. The van der Waals surface area contributed by atoms with Crippen LogP contribution in [-0.2, 0) is 9.59 Å². The number of nitrogens with two attached hydrogens (primary N) is 1. The molecule has 1 heterocycles. The van der Waals surface area contributed by atoms with E-state index in [-0.39, 0.29) is 24.5 Å². The van der Waals surface area contributed by atoms with Gasteiger partial charge in [0, 0.05) is 30.8 Å². The number of carbonyl (C=O) groups is 3. The van der Waals surface area contributed by atoms with E-state index in [9.17, 15) is 14.4 Å². The lowest BCUT2D eigenvalue weighted by Gasteiger charge is -2.31. The van der Waals surface area contributed by atoms with Crippen LogP contribution >= 0.6 is 0 Å². The van der Waals surface area contributed by atoms with Crippen molar-refractivity contribution in [3.63, 3.8) is 0 Å². The van der Waals surface area contributed by atoms with Gasteiger partial charge in [-0.3, -0.25) is 14.4 Å². The van der Waals surface area contributed by atoms with Crippen LogP contribution in [0.3, 0.4) is 0 Å². The van der Waals surface area contributed by atoms with Crippen LogP contribution in [-0.4, -0.2) is 55.5 Å². The number of primary amides is 1. The zero-order valence-electron chi connectivity index (χ0n) is 18.0. The van der Waals surface area contributed by atoms with Gasteiger partial charge in [0.05, 0.1) is 7.11 Å². The number of rotatable bonds is 8. The summed E-state index contributed by atoms with van der Waals surface area (Å²) in [7, 11) is 1.49. The Morgan fingerprint density at radius 1 is 1.09 bits per heavy atom. The van der Waals surface area contributed by atoms with Crippen molar-refractivity contribution in [3.05, 3.63) is 65.7 Å². The highest BCUT2D eigenvalue weighted by molar-refractivity contribution is 5.94. The third-order valence-corrected chi connectivity index (χ3v) is 5.15. The number of benzene rings is 2. The Labute approximate surface area is 187 Å². The maximum Gasteiger partial charge on any atom is 0.255 e. The van der Waals surface area contributed by atoms with Crippen molar-refractivity contribution in [2.45, 2.75) is 18.9 Å². The topological polar surface area (TPSA) is 111 Å². The Hall–Kier alpha value is -3.81. The van der Waals surface area contributed by atoms with Gasteiger partial charge < -0.3 is 25.4 Å². The van der Waals surface area contributed by atoms with E-state index in [1.807, 2.05) is 18.2 Å². The van der Waals surface area contributed by atoms with Crippen LogP contribution in [0.2, 0.25) is 0 Å². The SMILES string of the molecule is COc1cc(/C=C/C(=O)N2CCC(NC(=O)c3ccccc3)CC2)ccc1OCC(N)=O. The fourth-order valence-electron chi connectivity index (χ4n) is 3.43. The van der Waals surface area contributed by atoms with Gasteiger partial charge in [0.2, 0.25) is 5.91 Å². The highest BCUT2D eigenvalue weighted by atomic mass is 16.5. The molecular formula is C24H27N3O5. The third kappa shape index (κ3) is 6.34. The molecule has 0 bridgehead atoms. The fraction of sp³-hybridized carbons (Fsp3) is 0.292. The van der Waals surface area contributed by atoms with Crippen LogP contribution in [0.5, 0.6) is 11.5 Å². The van der Waals surface area contributed by atoms with E-state index in [0.29, 0.717) is 43.0 Å². The van der Waals surface area contributed by atoms with Gasteiger partial charge in [-0.2, -0.15) is 0 Å². The average Bonchev–Trinajstić information content (AvgIpc) is 2.82. The van der Waals surface area contributed by atoms with Gasteiger partial charge >= 0.3 is 0 Å². The van der Waals surface area contributed by atoms with Crippen molar-refractivity contribution in [2.75, 3.05) is 26.8 Å². The van der Waals surface area contributed by atoms with E-state index in [4.69, 9.17) is 15.2 Å². The molecule has 0 radical (unpaired) electrons. The summed E-state index contributed by atoms with van der Waals surface area (Å²) >= 11 is 0. The minimum absolute atomic E-state index is 0.0490. The van der Waals surface area contributed by atoms with Gasteiger partial charge in [0.25, 0.3) is 11.8 Å². The molecule has 2 aromatic rings. The zero-order valence-corrected chi connectivity index (χ0v) is 18.0. The monoisotopic (exact) mass is 437 g/mol. The lowest BCUT2D eigenvalue weighted by Crippen LogP contribution is -2.46. The number of methoxy groups -OCH3 is 1. The third-order valence-electron chi connectivity index (χ3n) is 5.15. The van der Waals surface area contributed by atoms with Crippen molar-refractivity contribution in [3.8, 4) is 11.5 Å². The van der Waals surface area contributed by atoms with Gasteiger partial charge in [-0.15, -0.1) is 0 Å². The van der Waals surface area contributed by atoms with Crippen molar-refractivity contribution in [1.82, 2.24) is 10.2 Å². The Kier molecular flexibility index (Phi) is 7.85. The Morgan fingerprint density at radius 2 is 1.81 bits per heavy atom. The standard InChI is InChI=1S/C24H27N3O5/c1-31-21-15-17(7-9-20(21)32-16-22(25)28)8-10-23(29)27-13-11-19(12-14-27)26-24(30)18-5-3-2-4-6-18/h2-10,15,19H,11-14,16H2,1H3,(H2,25,28)(H,26,30)/b10-8+. The van der Waals surface area contributed by atoms with Gasteiger partial charge in [-0.05, 0) is 48.7 Å². The quantitative estimate of drug-likeness (QED) is 0.614. The van der Waals surface area contributed by atoms with Crippen LogP contribution < -0.4 is 20.5 Å². The molecule has 1 saturated heterocycles. The average molecular weight is 437 g/mol. The summed E-state index contributed by atoms with van der Waals surface area (Å²) in [5.74, 6) is 0.0774. The first-order chi connectivity index (χ1) is 15.5. The molecule has 0 aliphatic carbocycles. The molecule has 0 spiro atoms. The Balaban J connectivity index is 1.51. The maximum absolute atomic E-state index is 12.6. The molecule has 32 heavy (non-hydrogen) atoms. The fourth-order valence-corrected chi connectivity index (χ4v) is 3.43. The molecule has 2 aromatic carbocycles. The van der Waals surface area contributed by atoms with Crippen LogP contribution in [0, 0.1) is 0 Å². The molecule has 3 amide bonds. The van der Waals surface area contributed by atoms with Gasteiger partial charge in [-0.1, -0.05) is 24.3 Å². The van der Waals surface area contributed by atoms with E-state index in [0.717, 1.165) is 5.56 Å². The molecule has 8 heteroatoms. The number of piperidine rings is 1. The number of amides is 3. The highest BCUT2D eigenvalue weighted by Crippen LogP contribution is 2.28. The summed E-state index contributed by atoms with van der Waals surface area (Å²) < 4.78 is 10.6. The van der Waals surface area contributed by atoms with Gasteiger partial charge in [0.1, 0.15) is 0 Å². The molecule has 0 atom stereocenters. The zero-order chi connectivity index (χ0) is 22.9. The summed E-state index contributed by atoms with van der Waals surface area (Å²) in [6.07, 6.45) is 4.63. The lowest BCUT2D eigenvalue weighted by atomic mass is 10.0. The molecule has 1 aliphatic heterocycles. The van der Waals surface area contributed by atoms with E-state index in [1.54, 1.807) is 41.3 Å². The minimum atomic E-state index is -0.579. The van der Waals surface area contributed by atoms with Crippen LogP contribution in [0.1, 0.15) is 28.8 Å². The largest absolute Gasteiger partial charge is 0.493 e. The van der Waals surface area contributed by atoms with E-state index in [1.165, 1.54) is 13.2 Å². The number of hydrogen-bond donors (Lipinski definition) is 2. The summed E-state index contributed by atoms with van der Waals surface area (Å²) in [6, 6.07) is 14.3. The smallest absolute Gasteiger partial charge is 0.255 e. The first kappa shape index (κ1) is 22.9. The second-order valence-corrected chi connectivity index (χ2v) is 7.44. The number of nitrogens with zero attached hydrogens (tertiary/aromatic N) is 1. The second kappa shape index (κ2) is 11.0. The second-order valence-electron chi connectivity index (χ2n) is 7.44. The number of nitrogens with one attached hydrogen (secondary N) is 1. The molecule has 1 fully saturated rings. The molecule has 168 valence electrons. The van der Waals surface area contributed by atoms with Crippen LogP contribution in [0.25, 0.3) is 6.08 Å². The molecule has 0 saturated carbocycles. The van der Waals surface area contributed by atoms with E-state index < -0.39 is 5.91 Å². The first-order valence-corrected chi connectivity index (χ1v) is 10.4. The summed E-state index contributed by atoms with van der Waals surface area (Å²) in [6.45, 7) is 0.907. The molecule has 3 rings (SSSR count). The molecule has 8 nitrogen and oxygen atoms in total. The minimum Gasteiger partial charge on any atom is -0.493 e. The molecule has 0 aromatic heterocycles. The van der Waals surface area contributed by atoms with Crippen LogP contribution in [0.4, 0.5) is 0 Å². The molecule has 1 aliphatic rings. The van der Waals surface area contributed by atoms with Crippen molar-refractivity contribution in [1.29, 1.82) is 0 Å². The summed E-state index contributed by atoms with van der Waals surface area (Å²) in [5, 5.41) is 3.04. The van der Waals surface area contributed by atoms with E-state index in [2.05, 4.69) is 5.32 Å². The number of likely N-dealkylation sites (tertiary alicyclic amines) is 1. The van der Waals surface area contributed by atoms with Crippen molar-refractivity contribution >= 4 is 23.8 Å². The molecular weight excluding hydrogens is 410 g/mol. The predicted octanol–water partition coefficient (Wildman–Crippen LogP) is 1.99. The van der Waals surface area contributed by atoms with Crippen molar-refractivity contribution in [2.24, 2.45) is 5.73 Å². The molecule has 3 N–H and O–H groups in total. The van der Waals surface area contributed by atoms with Gasteiger partial charge in [0.15, 0.2) is 18.1 Å². The number of ether oxygens (including phenoxy) is 2. The number of carbonyl (C=O) groups excluding carboxylic acids is 3. The predicted molar refractivity (Wildman–Crippen MR) is 120 cm³/mol. The Bertz CT molecular complexity index is 982. The highest BCUT2D eigenvalue weighted by Gasteiger charge is 2.23. The normalized spacial score (nSPS) is 14.2. The van der Waals surface area contributed by atoms with Gasteiger partial charge in [-0.25, -0.2) is 0 Å². The first-order valence-electron chi connectivity index (χ1n) is 10.4. The van der Waals surface area contributed by atoms with Crippen LogP contribution in [0.15, 0.2) is 54.6 Å². The van der Waals surface area contributed by atoms with E-state index >= 15 is 0 Å². The summed E-state index contributed by atoms with van der Waals surface area (Å²) in [4.78, 5) is 37.5. The summed E-state index contributed by atoms with van der Waals surface area (Å²) in [5.41, 5.74) is 6.48. The Morgan fingerprint density at radius 3 is 2.47 bits per heavy atom. The maximum atomic E-state index is 12.6. The lowest BCUT2D eigenvalue weighted by molar-refractivity contribution is -0.127.